The molecule has 0 fully saturated rings. The highest BCUT2D eigenvalue weighted by atomic mass is 32.1. The van der Waals surface area contributed by atoms with Crippen molar-refractivity contribution in [2.24, 2.45) is 0 Å². The van der Waals surface area contributed by atoms with E-state index in [2.05, 4.69) is 4.98 Å². The van der Waals surface area contributed by atoms with E-state index in [1.807, 2.05) is 43.3 Å². The number of benzene rings is 2. The van der Waals surface area contributed by atoms with Crippen LogP contribution in [0.25, 0.3) is 26.6 Å². The second-order valence-electron chi connectivity index (χ2n) is 7.40. The molecule has 0 saturated carbocycles. The first-order valence-corrected chi connectivity index (χ1v) is 11.2. The fourth-order valence-corrected chi connectivity index (χ4v) is 4.75. The summed E-state index contributed by atoms with van der Waals surface area (Å²) in [4.78, 5) is 18.0. The molecule has 3 heterocycles. The summed E-state index contributed by atoms with van der Waals surface area (Å²) in [6.45, 7) is 4.18. The van der Waals surface area contributed by atoms with Crippen molar-refractivity contribution in [3.63, 3.8) is 0 Å². The molecule has 0 saturated heterocycles. The number of aryl methyl sites for hydroxylation is 1. The van der Waals surface area contributed by atoms with Gasteiger partial charge in [0.25, 0.3) is 0 Å². The predicted octanol–water partition coefficient (Wildman–Crippen LogP) is 5.70. The molecule has 8 heteroatoms. The number of aromatic hydroxyl groups is 2. The zero-order valence-electron chi connectivity index (χ0n) is 17.9. The van der Waals surface area contributed by atoms with Crippen molar-refractivity contribution in [1.29, 1.82) is 0 Å². The molecular formula is C25H20N2O5S. The van der Waals surface area contributed by atoms with Crippen molar-refractivity contribution in [2.75, 3.05) is 6.61 Å². The van der Waals surface area contributed by atoms with E-state index >= 15 is 0 Å². The minimum Gasteiger partial charge on any atom is -0.503 e. The van der Waals surface area contributed by atoms with Crippen LogP contribution in [0.15, 0.2) is 65.1 Å². The van der Waals surface area contributed by atoms with Crippen LogP contribution in [-0.4, -0.2) is 32.2 Å². The van der Waals surface area contributed by atoms with Crippen molar-refractivity contribution >= 4 is 27.3 Å². The van der Waals surface area contributed by atoms with Crippen LogP contribution < -0.4 is 4.74 Å². The van der Waals surface area contributed by atoms with Crippen molar-refractivity contribution in [3.8, 4) is 33.8 Å². The summed E-state index contributed by atoms with van der Waals surface area (Å²) in [6.07, 6.45) is 0. The van der Waals surface area contributed by atoms with Crippen LogP contribution in [0.4, 0.5) is 0 Å². The van der Waals surface area contributed by atoms with Gasteiger partial charge in [-0.1, -0.05) is 41.7 Å². The van der Waals surface area contributed by atoms with Gasteiger partial charge in [-0.2, -0.15) is 0 Å². The number of furan rings is 1. The molecule has 5 rings (SSSR count). The van der Waals surface area contributed by atoms with Gasteiger partial charge >= 0.3 is 0 Å². The van der Waals surface area contributed by atoms with E-state index in [1.54, 1.807) is 31.2 Å². The van der Waals surface area contributed by atoms with Crippen molar-refractivity contribution in [1.82, 2.24) is 9.55 Å². The number of fused-ring (bicyclic) bond motifs is 1. The lowest BCUT2D eigenvalue weighted by atomic mass is 10.0. The van der Waals surface area contributed by atoms with Gasteiger partial charge in [0.15, 0.2) is 16.6 Å². The van der Waals surface area contributed by atoms with Crippen molar-refractivity contribution in [2.45, 2.75) is 13.8 Å². The SMILES string of the molecule is CCOc1ccc2nc(-n3c(O)c(O)c(C(=O)c4ccc(C)o4)c3-c3ccccc3)sc2c1. The molecule has 0 bridgehead atoms. The Bertz CT molecular complexity index is 1480. The number of hydrogen-bond donors (Lipinski definition) is 2. The largest absolute Gasteiger partial charge is 0.503 e. The molecule has 0 amide bonds. The maximum atomic E-state index is 13.3. The molecule has 2 N–H and O–H groups in total. The number of hydrogen-bond acceptors (Lipinski definition) is 7. The first-order chi connectivity index (χ1) is 16.0. The second-order valence-corrected chi connectivity index (χ2v) is 8.40. The average Bonchev–Trinajstić information content (AvgIpc) is 3.50. The molecule has 0 aliphatic heterocycles. The first kappa shape index (κ1) is 20.8. The van der Waals surface area contributed by atoms with Crippen LogP contribution >= 0.6 is 11.3 Å². The minimum atomic E-state index is -0.534. The molecule has 0 aliphatic carbocycles. The average molecular weight is 461 g/mol. The molecule has 5 aromatic rings. The van der Waals surface area contributed by atoms with Gasteiger partial charge in [0, 0.05) is 0 Å². The highest BCUT2D eigenvalue weighted by molar-refractivity contribution is 7.20. The molecule has 0 spiro atoms. The number of carbonyl (C=O) groups excluding carboxylic acids is 1. The van der Waals surface area contributed by atoms with Crippen molar-refractivity contribution < 1.29 is 24.2 Å². The molecule has 7 nitrogen and oxygen atoms in total. The molecule has 33 heavy (non-hydrogen) atoms. The predicted molar refractivity (Wildman–Crippen MR) is 126 cm³/mol. The standard InChI is InChI=1S/C25H20N2O5S/c1-3-31-16-10-11-17-19(13-16)33-25(26-17)27-21(15-7-5-4-6-8-15)20(23(29)24(27)30)22(28)18-12-9-14(2)32-18/h4-13,29-30H,3H2,1-2H3. The molecule has 0 radical (unpaired) electrons. The fraction of sp³-hybridized carbons (Fsp3) is 0.120. The smallest absolute Gasteiger partial charge is 0.242 e. The number of carbonyl (C=O) groups is 1. The van der Waals surface area contributed by atoms with E-state index in [4.69, 9.17) is 9.15 Å². The van der Waals surface area contributed by atoms with E-state index in [9.17, 15) is 15.0 Å². The minimum absolute atomic E-state index is 0.0534. The second kappa shape index (κ2) is 8.14. The molecule has 2 aromatic carbocycles. The Balaban J connectivity index is 1.76. The zero-order chi connectivity index (χ0) is 23.1. The number of rotatable bonds is 6. The van der Waals surface area contributed by atoms with Gasteiger partial charge in [0.05, 0.1) is 28.1 Å². The molecule has 166 valence electrons. The third kappa shape index (κ3) is 3.54. The summed E-state index contributed by atoms with van der Waals surface area (Å²) in [7, 11) is 0. The lowest BCUT2D eigenvalue weighted by Gasteiger charge is -2.08. The number of nitrogens with zero attached hydrogens (tertiary/aromatic N) is 2. The number of thiazole rings is 1. The van der Waals surface area contributed by atoms with Crippen LogP contribution in [0.1, 0.15) is 28.8 Å². The van der Waals surface area contributed by atoms with Gasteiger partial charge < -0.3 is 19.4 Å². The third-order valence-electron chi connectivity index (χ3n) is 5.21. The first-order valence-electron chi connectivity index (χ1n) is 10.3. The maximum absolute atomic E-state index is 13.3. The fourth-order valence-electron chi connectivity index (χ4n) is 3.74. The summed E-state index contributed by atoms with van der Waals surface area (Å²) in [5.41, 5.74) is 1.62. The quantitative estimate of drug-likeness (QED) is 0.316. The Labute approximate surface area is 193 Å². The topological polar surface area (TPSA) is 97.7 Å². The van der Waals surface area contributed by atoms with Crippen LogP contribution in [0.3, 0.4) is 0 Å². The number of ether oxygens (including phenoxy) is 1. The highest BCUT2D eigenvalue weighted by Crippen LogP contribution is 2.45. The molecule has 0 unspecified atom stereocenters. The summed E-state index contributed by atoms with van der Waals surface area (Å²) < 4.78 is 13.3. The zero-order valence-corrected chi connectivity index (χ0v) is 18.7. The Morgan fingerprint density at radius 1 is 1.12 bits per heavy atom. The molecule has 3 aromatic heterocycles. The number of ketones is 1. The Morgan fingerprint density at radius 2 is 1.91 bits per heavy atom. The normalized spacial score (nSPS) is 11.2. The summed E-state index contributed by atoms with van der Waals surface area (Å²) in [5.74, 6) is -0.172. The van der Waals surface area contributed by atoms with Crippen molar-refractivity contribution in [3.05, 3.63) is 77.7 Å². The Morgan fingerprint density at radius 3 is 2.61 bits per heavy atom. The molecule has 0 aliphatic rings. The summed E-state index contributed by atoms with van der Waals surface area (Å²) in [6, 6.07) is 17.8. The van der Waals surface area contributed by atoms with Crippen LogP contribution in [0.2, 0.25) is 0 Å². The van der Waals surface area contributed by atoms with Gasteiger partial charge in [-0.05, 0) is 49.7 Å². The van der Waals surface area contributed by atoms with Crippen LogP contribution in [0, 0.1) is 6.92 Å². The Kier molecular flexibility index (Phi) is 5.14. The van der Waals surface area contributed by atoms with Gasteiger partial charge in [-0.3, -0.25) is 9.36 Å². The monoisotopic (exact) mass is 460 g/mol. The molecule has 0 atom stereocenters. The van der Waals surface area contributed by atoms with Crippen LogP contribution in [-0.2, 0) is 0 Å². The number of aromatic nitrogens is 2. The van der Waals surface area contributed by atoms with E-state index in [-0.39, 0.29) is 11.3 Å². The van der Waals surface area contributed by atoms with E-state index in [0.717, 1.165) is 4.70 Å². The highest BCUT2D eigenvalue weighted by Gasteiger charge is 2.32. The molecular weight excluding hydrogens is 440 g/mol. The van der Waals surface area contributed by atoms with Crippen LogP contribution in [0.5, 0.6) is 17.4 Å². The maximum Gasteiger partial charge on any atom is 0.242 e. The van der Waals surface area contributed by atoms with Gasteiger partial charge in [0.1, 0.15) is 11.5 Å². The lowest BCUT2D eigenvalue weighted by molar-refractivity contribution is 0.101. The van der Waals surface area contributed by atoms with Gasteiger partial charge in [-0.25, -0.2) is 4.98 Å². The van der Waals surface area contributed by atoms with E-state index in [1.165, 1.54) is 15.9 Å². The summed E-state index contributed by atoms with van der Waals surface area (Å²) >= 11 is 1.31. The van der Waals surface area contributed by atoms with Gasteiger partial charge in [-0.15, -0.1) is 0 Å². The third-order valence-corrected chi connectivity index (χ3v) is 6.21. The van der Waals surface area contributed by atoms with Gasteiger partial charge in [0.2, 0.25) is 11.7 Å². The summed E-state index contributed by atoms with van der Waals surface area (Å²) in [5, 5.41) is 22.2. The lowest BCUT2D eigenvalue weighted by Crippen LogP contribution is -2.04. The van der Waals surface area contributed by atoms with E-state index in [0.29, 0.717) is 40.0 Å². The Hall–Kier alpha value is -4.04. The van der Waals surface area contributed by atoms with E-state index < -0.39 is 17.4 Å².